The fourth-order valence-corrected chi connectivity index (χ4v) is 7.24. The summed E-state index contributed by atoms with van der Waals surface area (Å²) in [4.78, 5) is 11.7. The number of hydrogen-bond acceptors (Lipinski definition) is 1. The van der Waals surface area contributed by atoms with Crippen molar-refractivity contribution in [1.82, 2.24) is 0 Å². The molecular formula is C20H26OSi. The lowest BCUT2D eigenvalue weighted by molar-refractivity contribution is 0.581. The second kappa shape index (κ2) is 5.86. The molecule has 0 aliphatic carbocycles. The molecule has 0 bridgehead atoms. The van der Waals surface area contributed by atoms with E-state index in [2.05, 4.69) is 72.4 Å². The quantitative estimate of drug-likeness (QED) is 0.862. The van der Waals surface area contributed by atoms with Gasteiger partial charge in [0.05, 0.1) is 0 Å². The molecule has 0 atom stereocenters. The van der Waals surface area contributed by atoms with Gasteiger partial charge in [0, 0.05) is 0 Å². The topological polar surface area (TPSA) is 20.2 Å². The fraction of sp³-hybridized carbons (Fsp3) is 0.300. The first-order chi connectivity index (χ1) is 10.2. The van der Waals surface area contributed by atoms with Crippen molar-refractivity contribution in [3.8, 4) is 0 Å². The Labute approximate surface area is 135 Å². The van der Waals surface area contributed by atoms with E-state index >= 15 is 0 Å². The van der Waals surface area contributed by atoms with Gasteiger partial charge >= 0.3 is 0 Å². The van der Waals surface area contributed by atoms with Gasteiger partial charge in [-0.05, 0) is 74.2 Å². The SMILES string of the molecule is C=C[Si](O)(c1c(C)cc(C)cc1C)c1c(C)cc(C)cc1C. The smallest absolute Gasteiger partial charge is 0.278 e. The van der Waals surface area contributed by atoms with Gasteiger partial charge in [-0.2, -0.15) is 0 Å². The first-order valence-electron chi connectivity index (χ1n) is 7.73. The Morgan fingerprint density at radius 2 is 1.00 bits per heavy atom. The highest BCUT2D eigenvalue weighted by atomic mass is 28.4. The van der Waals surface area contributed by atoms with Crippen LogP contribution in [0.15, 0.2) is 36.5 Å². The van der Waals surface area contributed by atoms with Crippen molar-refractivity contribution < 1.29 is 4.80 Å². The Kier molecular flexibility index (Phi) is 4.46. The van der Waals surface area contributed by atoms with Gasteiger partial charge in [0.25, 0.3) is 8.32 Å². The Hall–Kier alpha value is -1.64. The molecular weight excluding hydrogens is 284 g/mol. The van der Waals surface area contributed by atoms with Crippen LogP contribution in [0.4, 0.5) is 0 Å². The molecule has 0 aliphatic rings. The third kappa shape index (κ3) is 2.69. The van der Waals surface area contributed by atoms with E-state index in [4.69, 9.17) is 0 Å². The van der Waals surface area contributed by atoms with E-state index in [1.54, 1.807) is 0 Å². The third-order valence-electron chi connectivity index (χ3n) is 4.41. The van der Waals surface area contributed by atoms with E-state index in [1.807, 2.05) is 5.70 Å². The molecule has 22 heavy (non-hydrogen) atoms. The molecule has 0 aromatic heterocycles. The maximum Gasteiger partial charge on any atom is 0.278 e. The first-order valence-corrected chi connectivity index (χ1v) is 9.75. The van der Waals surface area contributed by atoms with Crippen LogP contribution in [0, 0.1) is 41.5 Å². The molecule has 0 aliphatic heterocycles. The summed E-state index contributed by atoms with van der Waals surface area (Å²) < 4.78 is 0. The molecule has 0 saturated carbocycles. The van der Waals surface area contributed by atoms with Crippen molar-refractivity contribution in [2.24, 2.45) is 0 Å². The molecule has 2 heteroatoms. The van der Waals surface area contributed by atoms with Gasteiger partial charge in [0.2, 0.25) is 0 Å². The molecule has 0 unspecified atom stereocenters. The molecule has 0 radical (unpaired) electrons. The normalized spacial score (nSPS) is 11.6. The number of benzene rings is 2. The van der Waals surface area contributed by atoms with Crippen molar-refractivity contribution in [2.45, 2.75) is 41.5 Å². The van der Waals surface area contributed by atoms with Crippen molar-refractivity contribution in [1.29, 1.82) is 0 Å². The van der Waals surface area contributed by atoms with E-state index in [0.717, 1.165) is 32.6 Å². The summed E-state index contributed by atoms with van der Waals surface area (Å²) in [6.45, 7) is 16.6. The molecule has 0 fully saturated rings. The van der Waals surface area contributed by atoms with Crippen molar-refractivity contribution in [3.05, 3.63) is 69.9 Å². The number of aryl methyl sites for hydroxylation is 6. The minimum Gasteiger partial charge on any atom is -0.421 e. The highest BCUT2D eigenvalue weighted by Crippen LogP contribution is 2.17. The minimum atomic E-state index is -2.94. The third-order valence-corrected chi connectivity index (χ3v) is 8.10. The molecule has 2 rings (SSSR count). The van der Waals surface area contributed by atoms with E-state index in [9.17, 15) is 4.80 Å². The number of rotatable bonds is 3. The zero-order chi connectivity index (χ0) is 16.7. The van der Waals surface area contributed by atoms with Crippen LogP contribution in [-0.4, -0.2) is 13.1 Å². The van der Waals surface area contributed by atoms with Crippen LogP contribution < -0.4 is 10.4 Å². The average Bonchev–Trinajstić information content (AvgIpc) is 2.35. The molecule has 0 saturated heterocycles. The summed E-state index contributed by atoms with van der Waals surface area (Å²) in [5, 5.41) is 2.17. The standard InChI is InChI=1S/C20H26OSi/c1-8-22(21,19-15(4)9-13(2)10-16(19)5)20-17(6)11-14(3)12-18(20)7/h8-12,21H,1H2,2-7H3. The van der Waals surface area contributed by atoms with Crippen molar-refractivity contribution in [2.75, 3.05) is 0 Å². The maximum atomic E-state index is 11.7. The first kappa shape index (κ1) is 16.7. The lowest BCUT2D eigenvalue weighted by Crippen LogP contribution is -2.61. The Morgan fingerprint density at radius 3 is 1.23 bits per heavy atom. The molecule has 1 N–H and O–H groups in total. The van der Waals surface area contributed by atoms with Gasteiger partial charge in [-0.25, -0.2) is 0 Å². The minimum absolute atomic E-state index is 1.09. The van der Waals surface area contributed by atoms with Crippen LogP contribution in [0.2, 0.25) is 0 Å². The molecule has 116 valence electrons. The van der Waals surface area contributed by atoms with Gasteiger partial charge < -0.3 is 4.80 Å². The molecule has 0 heterocycles. The zero-order valence-corrected chi connectivity index (χ0v) is 15.5. The Morgan fingerprint density at radius 1 is 0.727 bits per heavy atom. The van der Waals surface area contributed by atoms with Crippen LogP contribution >= 0.6 is 0 Å². The predicted molar refractivity (Wildman–Crippen MR) is 98.7 cm³/mol. The Bertz CT molecular complexity index is 640. The molecule has 0 spiro atoms. The van der Waals surface area contributed by atoms with Crippen LogP contribution in [0.3, 0.4) is 0 Å². The van der Waals surface area contributed by atoms with Crippen LogP contribution in [0.5, 0.6) is 0 Å². The maximum absolute atomic E-state index is 11.7. The van der Waals surface area contributed by atoms with Gasteiger partial charge in [0.1, 0.15) is 0 Å². The van der Waals surface area contributed by atoms with Crippen molar-refractivity contribution >= 4 is 18.7 Å². The summed E-state index contributed by atoms with van der Waals surface area (Å²) in [5.74, 6) is 0. The van der Waals surface area contributed by atoms with E-state index in [1.165, 1.54) is 11.1 Å². The van der Waals surface area contributed by atoms with Gasteiger partial charge in [-0.1, -0.05) is 41.1 Å². The van der Waals surface area contributed by atoms with Gasteiger partial charge in [-0.15, -0.1) is 6.58 Å². The van der Waals surface area contributed by atoms with Crippen LogP contribution in [0.25, 0.3) is 0 Å². The second-order valence-corrected chi connectivity index (χ2v) is 9.46. The van der Waals surface area contributed by atoms with Crippen LogP contribution in [0.1, 0.15) is 33.4 Å². The summed E-state index contributed by atoms with van der Waals surface area (Å²) in [6.07, 6.45) is 0. The second-order valence-electron chi connectivity index (χ2n) is 6.52. The summed E-state index contributed by atoms with van der Waals surface area (Å²) in [6, 6.07) is 8.62. The summed E-state index contributed by atoms with van der Waals surface area (Å²) in [7, 11) is -2.94. The molecule has 2 aromatic carbocycles. The van der Waals surface area contributed by atoms with Gasteiger partial charge in [-0.3, -0.25) is 0 Å². The average molecular weight is 311 g/mol. The van der Waals surface area contributed by atoms with Crippen LogP contribution in [-0.2, 0) is 0 Å². The highest BCUT2D eigenvalue weighted by Gasteiger charge is 2.38. The van der Waals surface area contributed by atoms with E-state index in [0.29, 0.717) is 0 Å². The molecule has 2 aromatic rings. The molecule has 1 nitrogen and oxygen atoms in total. The fourth-order valence-electron chi connectivity index (χ4n) is 3.89. The lowest BCUT2D eigenvalue weighted by atomic mass is 10.1. The molecule has 0 amide bonds. The lowest BCUT2D eigenvalue weighted by Gasteiger charge is -2.29. The van der Waals surface area contributed by atoms with Crippen molar-refractivity contribution in [3.63, 3.8) is 0 Å². The summed E-state index contributed by atoms with van der Waals surface area (Å²) >= 11 is 0. The number of hydrogen-bond donors (Lipinski definition) is 1. The predicted octanol–water partition coefficient (Wildman–Crippen LogP) is 3.31. The van der Waals surface area contributed by atoms with E-state index in [-0.39, 0.29) is 0 Å². The zero-order valence-electron chi connectivity index (χ0n) is 14.5. The Balaban J connectivity index is 2.83. The largest absolute Gasteiger partial charge is 0.421 e. The highest BCUT2D eigenvalue weighted by molar-refractivity contribution is 7.01. The van der Waals surface area contributed by atoms with Gasteiger partial charge in [0.15, 0.2) is 0 Å². The summed E-state index contributed by atoms with van der Waals surface area (Å²) in [5.41, 5.74) is 8.91. The monoisotopic (exact) mass is 310 g/mol. The van der Waals surface area contributed by atoms with E-state index < -0.39 is 8.32 Å².